The summed E-state index contributed by atoms with van der Waals surface area (Å²) in [7, 11) is 0. The highest BCUT2D eigenvalue weighted by Crippen LogP contribution is 2.47. The second kappa shape index (κ2) is 7.28. The summed E-state index contributed by atoms with van der Waals surface area (Å²) in [6.45, 7) is 6.71. The van der Waals surface area contributed by atoms with Crippen LogP contribution in [0.15, 0.2) is 82.4 Å². The average Bonchev–Trinajstić information content (AvgIpc) is 3.19. The quantitative estimate of drug-likeness (QED) is 0.411. The first-order valence-electron chi connectivity index (χ1n) is 10.4. The zero-order valence-corrected chi connectivity index (χ0v) is 19.1. The standard InChI is InChI=1S/C26H25BrN2O/c1-26(2,3)19-12-8-18(9-13-19)25-29-23(21-6-4-5-7-24(21)30-25)16-22(28-29)17-10-14-20(27)15-11-17/h4-15,23,25H,16H2,1-3H3/t23-,25-/m1/s1. The van der Waals surface area contributed by atoms with Crippen LogP contribution in [0.3, 0.4) is 0 Å². The van der Waals surface area contributed by atoms with Crippen LogP contribution in [-0.2, 0) is 5.41 Å². The smallest absolute Gasteiger partial charge is 0.213 e. The molecule has 5 rings (SSSR count). The van der Waals surface area contributed by atoms with E-state index in [2.05, 4.69) is 108 Å². The van der Waals surface area contributed by atoms with Crippen molar-refractivity contribution >= 4 is 21.6 Å². The van der Waals surface area contributed by atoms with Gasteiger partial charge in [-0.2, -0.15) is 5.10 Å². The minimum atomic E-state index is -0.230. The van der Waals surface area contributed by atoms with Gasteiger partial charge in [-0.1, -0.05) is 91.3 Å². The fourth-order valence-electron chi connectivity index (χ4n) is 4.22. The van der Waals surface area contributed by atoms with E-state index in [1.165, 1.54) is 11.1 Å². The largest absolute Gasteiger partial charge is 0.464 e. The molecule has 0 bridgehead atoms. The van der Waals surface area contributed by atoms with E-state index in [9.17, 15) is 0 Å². The van der Waals surface area contributed by atoms with E-state index in [0.717, 1.165) is 33.5 Å². The maximum Gasteiger partial charge on any atom is 0.213 e. The summed E-state index contributed by atoms with van der Waals surface area (Å²) < 4.78 is 7.55. The van der Waals surface area contributed by atoms with Crippen LogP contribution in [0.4, 0.5) is 0 Å². The molecule has 0 aliphatic carbocycles. The molecule has 3 aromatic carbocycles. The van der Waals surface area contributed by atoms with Crippen LogP contribution in [0.1, 0.15) is 61.7 Å². The van der Waals surface area contributed by atoms with Crippen molar-refractivity contribution in [3.05, 3.63) is 99.5 Å². The van der Waals surface area contributed by atoms with Crippen LogP contribution in [0, 0.1) is 0 Å². The van der Waals surface area contributed by atoms with Crippen LogP contribution in [0.5, 0.6) is 5.75 Å². The van der Waals surface area contributed by atoms with Crippen LogP contribution in [0.2, 0.25) is 0 Å². The summed E-state index contributed by atoms with van der Waals surface area (Å²) >= 11 is 3.53. The molecule has 0 fully saturated rings. The van der Waals surface area contributed by atoms with E-state index in [-0.39, 0.29) is 17.7 Å². The highest BCUT2D eigenvalue weighted by atomic mass is 79.9. The summed E-state index contributed by atoms with van der Waals surface area (Å²) in [4.78, 5) is 0. The lowest BCUT2D eigenvalue weighted by Gasteiger charge is -2.38. The number of ether oxygens (including phenoxy) is 1. The lowest BCUT2D eigenvalue weighted by Crippen LogP contribution is -2.33. The highest BCUT2D eigenvalue weighted by Gasteiger charge is 2.40. The number of hydrogen-bond donors (Lipinski definition) is 0. The van der Waals surface area contributed by atoms with Crippen LogP contribution >= 0.6 is 15.9 Å². The molecule has 0 saturated carbocycles. The number of halogens is 1. The van der Waals surface area contributed by atoms with Gasteiger partial charge in [-0.25, -0.2) is 5.01 Å². The summed E-state index contributed by atoms with van der Waals surface area (Å²) in [6.07, 6.45) is 0.644. The third-order valence-corrected chi connectivity index (χ3v) is 6.47. The molecule has 0 amide bonds. The van der Waals surface area contributed by atoms with Crippen LogP contribution in [-0.4, -0.2) is 10.7 Å². The van der Waals surface area contributed by atoms with E-state index in [4.69, 9.17) is 9.84 Å². The Balaban J connectivity index is 1.55. The van der Waals surface area contributed by atoms with Gasteiger partial charge in [0, 0.05) is 22.0 Å². The Kier molecular flexibility index (Phi) is 4.70. The Morgan fingerprint density at radius 2 is 1.63 bits per heavy atom. The molecule has 0 saturated heterocycles. The van der Waals surface area contributed by atoms with Gasteiger partial charge >= 0.3 is 0 Å². The van der Waals surface area contributed by atoms with Gasteiger partial charge in [0.05, 0.1) is 11.8 Å². The SMILES string of the molecule is CC(C)(C)c1ccc([C@H]2Oc3ccccc3[C@H]3CC(c4ccc(Br)cc4)=NN32)cc1. The number of rotatable bonds is 2. The predicted octanol–water partition coefficient (Wildman–Crippen LogP) is 6.99. The molecule has 152 valence electrons. The van der Waals surface area contributed by atoms with E-state index < -0.39 is 0 Å². The molecule has 2 aliphatic rings. The lowest BCUT2D eigenvalue weighted by molar-refractivity contribution is -0.0190. The molecule has 0 radical (unpaired) electrons. The fourth-order valence-corrected chi connectivity index (χ4v) is 4.48. The van der Waals surface area contributed by atoms with Gasteiger partial charge in [0.1, 0.15) is 5.75 Å². The molecular weight excluding hydrogens is 436 g/mol. The first kappa shape index (κ1) is 19.4. The van der Waals surface area contributed by atoms with Crippen molar-refractivity contribution in [3.63, 3.8) is 0 Å². The van der Waals surface area contributed by atoms with Gasteiger partial charge in [-0.3, -0.25) is 0 Å². The number of para-hydroxylation sites is 1. The molecule has 2 atom stereocenters. The predicted molar refractivity (Wildman–Crippen MR) is 125 cm³/mol. The Labute approximate surface area is 186 Å². The van der Waals surface area contributed by atoms with E-state index >= 15 is 0 Å². The Hall–Kier alpha value is -2.59. The zero-order valence-electron chi connectivity index (χ0n) is 17.5. The molecule has 3 nitrogen and oxygen atoms in total. The van der Waals surface area contributed by atoms with Gasteiger partial charge in [-0.15, -0.1) is 0 Å². The van der Waals surface area contributed by atoms with Crippen molar-refractivity contribution in [2.75, 3.05) is 0 Å². The molecular formula is C26H25BrN2O. The Morgan fingerprint density at radius 1 is 0.933 bits per heavy atom. The van der Waals surface area contributed by atoms with Gasteiger partial charge < -0.3 is 4.74 Å². The van der Waals surface area contributed by atoms with E-state index in [1.54, 1.807) is 0 Å². The maximum atomic E-state index is 6.47. The third kappa shape index (κ3) is 3.43. The Bertz CT molecular complexity index is 1100. The molecule has 2 heterocycles. The molecule has 30 heavy (non-hydrogen) atoms. The first-order chi connectivity index (χ1) is 14.4. The van der Waals surface area contributed by atoms with E-state index in [1.807, 2.05) is 6.07 Å². The first-order valence-corrected chi connectivity index (χ1v) is 11.2. The number of benzene rings is 3. The molecule has 0 N–H and O–H groups in total. The molecule has 0 aromatic heterocycles. The molecule has 2 aliphatic heterocycles. The number of hydrazone groups is 1. The summed E-state index contributed by atoms with van der Waals surface area (Å²) in [6, 6.07) is 25.7. The second-order valence-electron chi connectivity index (χ2n) is 9.03. The minimum absolute atomic E-state index is 0.127. The van der Waals surface area contributed by atoms with Crippen molar-refractivity contribution in [1.29, 1.82) is 0 Å². The number of nitrogens with zero attached hydrogens (tertiary/aromatic N) is 2. The number of fused-ring (bicyclic) bond motifs is 3. The van der Waals surface area contributed by atoms with Gasteiger partial charge in [0.2, 0.25) is 6.23 Å². The molecule has 3 aromatic rings. The lowest BCUT2D eigenvalue weighted by atomic mass is 9.86. The fraction of sp³-hybridized carbons (Fsp3) is 0.269. The minimum Gasteiger partial charge on any atom is -0.464 e. The van der Waals surface area contributed by atoms with Crippen molar-refractivity contribution in [2.45, 2.75) is 44.9 Å². The van der Waals surface area contributed by atoms with Crippen LogP contribution in [0.25, 0.3) is 0 Å². The summed E-state index contributed by atoms with van der Waals surface area (Å²) in [5.41, 5.74) is 6.04. The van der Waals surface area contributed by atoms with Crippen molar-refractivity contribution in [2.24, 2.45) is 5.10 Å². The summed E-state index contributed by atoms with van der Waals surface area (Å²) in [5.74, 6) is 0.955. The normalized spacial score (nSPS) is 20.3. The van der Waals surface area contributed by atoms with Crippen LogP contribution < -0.4 is 4.74 Å². The van der Waals surface area contributed by atoms with Crippen molar-refractivity contribution in [3.8, 4) is 5.75 Å². The van der Waals surface area contributed by atoms with Gasteiger partial charge in [-0.05, 0) is 34.7 Å². The zero-order chi connectivity index (χ0) is 20.9. The third-order valence-electron chi connectivity index (χ3n) is 5.94. The second-order valence-corrected chi connectivity index (χ2v) is 9.95. The maximum absolute atomic E-state index is 6.47. The van der Waals surface area contributed by atoms with Gasteiger partial charge in [0.25, 0.3) is 0 Å². The monoisotopic (exact) mass is 460 g/mol. The van der Waals surface area contributed by atoms with Crippen molar-refractivity contribution in [1.82, 2.24) is 5.01 Å². The van der Waals surface area contributed by atoms with E-state index in [0.29, 0.717) is 0 Å². The molecule has 0 unspecified atom stereocenters. The Morgan fingerprint density at radius 3 is 2.33 bits per heavy atom. The highest BCUT2D eigenvalue weighted by molar-refractivity contribution is 9.10. The molecule has 0 spiro atoms. The summed E-state index contributed by atoms with van der Waals surface area (Å²) in [5, 5.41) is 7.19. The number of hydrogen-bond acceptors (Lipinski definition) is 3. The topological polar surface area (TPSA) is 24.8 Å². The van der Waals surface area contributed by atoms with Gasteiger partial charge in [0.15, 0.2) is 0 Å². The average molecular weight is 461 g/mol. The van der Waals surface area contributed by atoms with Crippen molar-refractivity contribution < 1.29 is 4.74 Å². The molecule has 4 heteroatoms.